The highest BCUT2D eigenvalue weighted by Crippen LogP contribution is 2.02. The van der Waals surface area contributed by atoms with Gasteiger partial charge in [0, 0.05) is 13.2 Å². The molecule has 1 amide bonds. The summed E-state index contributed by atoms with van der Waals surface area (Å²) in [5, 5.41) is 2.90. The monoisotopic (exact) mass is 229 g/mol. The Morgan fingerprint density at radius 3 is 3.00 bits per heavy atom. The highest BCUT2D eigenvalue weighted by Gasteiger charge is 2.11. The fraction of sp³-hybridized carbons (Fsp3) is 0.444. The summed E-state index contributed by atoms with van der Waals surface area (Å²) in [7, 11) is 1.57. The van der Waals surface area contributed by atoms with Crippen molar-refractivity contribution in [1.29, 1.82) is 0 Å². The molecule has 0 fully saturated rings. The van der Waals surface area contributed by atoms with E-state index in [0.717, 1.165) is 0 Å². The molecule has 5 nitrogen and oxygen atoms in total. The number of hydrogen-bond acceptors (Lipinski definition) is 4. The molecule has 0 saturated carbocycles. The lowest BCUT2D eigenvalue weighted by Gasteiger charge is -2.11. The molecule has 0 spiro atoms. The fourth-order valence-corrected chi connectivity index (χ4v) is 1.19. The first kappa shape index (κ1) is 11.9. The second kappa shape index (κ2) is 5.63. The molecular formula is C9H12ClN3O2. The Morgan fingerprint density at radius 1 is 1.67 bits per heavy atom. The molecule has 1 heterocycles. The molecule has 0 aliphatic rings. The number of halogens is 1. The lowest BCUT2D eigenvalue weighted by Crippen LogP contribution is -2.36. The largest absolute Gasteiger partial charge is 0.383 e. The molecule has 1 atom stereocenters. The summed E-state index contributed by atoms with van der Waals surface area (Å²) >= 11 is 5.61. The zero-order valence-electron chi connectivity index (χ0n) is 8.53. The Bertz CT molecular complexity index is 346. The molecule has 0 saturated heterocycles. The second-order valence-corrected chi connectivity index (χ2v) is 3.44. The van der Waals surface area contributed by atoms with Gasteiger partial charge in [0.15, 0.2) is 0 Å². The van der Waals surface area contributed by atoms with E-state index >= 15 is 0 Å². The molecular weight excluding hydrogens is 218 g/mol. The third-order valence-electron chi connectivity index (χ3n) is 1.63. The average Bonchev–Trinajstić information content (AvgIpc) is 2.18. The average molecular weight is 230 g/mol. The molecule has 0 bridgehead atoms. The van der Waals surface area contributed by atoms with Crippen molar-refractivity contribution in [2.45, 2.75) is 13.0 Å². The molecule has 0 aromatic carbocycles. The molecule has 15 heavy (non-hydrogen) atoms. The lowest BCUT2D eigenvalue weighted by molar-refractivity contribution is 0.0900. The number of nitrogens with one attached hydrogen (secondary N) is 1. The zero-order chi connectivity index (χ0) is 11.3. The Kier molecular flexibility index (Phi) is 4.45. The van der Waals surface area contributed by atoms with Gasteiger partial charge in [0.1, 0.15) is 10.8 Å². The number of carbonyl (C=O) groups is 1. The van der Waals surface area contributed by atoms with E-state index < -0.39 is 0 Å². The third kappa shape index (κ3) is 3.81. The molecule has 0 radical (unpaired) electrons. The topological polar surface area (TPSA) is 64.1 Å². The molecule has 1 rings (SSSR count). The Balaban J connectivity index is 2.61. The highest BCUT2D eigenvalue weighted by atomic mass is 35.5. The van der Waals surface area contributed by atoms with Crippen molar-refractivity contribution in [3.8, 4) is 0 Å². The van der Waals surface area contributed by atoms with Crippen LogP contribution >= 0.6 is 11.6 Å². The quantitative estimate of drug-likeness (QED) is 0.833. The van der Waals surface area contributed by atoms with Crippen LogP contribution in [0.2, 0.25) is 5.15 Å². The fourth-order valence-electron chi connectivity index (χ4n) is 1.04. The predicted octanol–water partition coefficient (Wildman–Crippen LogP) is 0.895. The molecule has 1 aromatic rings. The number of ether oxygens (including phenoxy) is 1. The van der Waals surface area contributed by atoms with Crippen molar-refractivity contribution in [3.05, 3.63) is 23.2 Å². The SMILES string of the molecule is COCC(C)NC(=O)c1cncc(Cl)n1. The van der Waals surface area contributed by atoms with Gasteiger partial charge < -0.3 is 10.1 Å². The van der Waals surface area contributed by atoms with Crippen LogP contribution in [0.5, 0.6) is 0 Å². The Hall–Kier alpha value is -1.20. The molecule has 1 N–H and O–H groups in total. The number of amides is 1. The number of hydrogen-bond donors (Lipinski definition) is 1. The zero-order valence-corrected chi connectivity index (χ0v) is 9.28. The molecule has 0 aliphatic carbocycles. The van der Waals surface area contributed by atoms with E-state index in [1.165, 1.54) is 12.4 Å². The van der Waals surface area contributed by atoms with Gasteiger partial charge in [-0.3, -0.25) is 9.78 Å². The van der Waals surface area contributed by atoms with Crippen molar-refractivity contribution in [2.75, 3.05) is 13.7 Å². The summed E-state index contributed by atoms with van der Waals surface area (Å²) in [6, 6.07) is -0.0803. The van der Waals surface area contributed by atoms with E-state index in [9.17, 15) is 4.79 Å². The maximum absolute atomic E-state index is 11.6. The van der Waals surface area contributed by atoms with Gasteiger partial charge in [0.2, 0.25) is 0 Å². The van der Waals surface area contributed by atoms with Gasteiger partial charge in [-0.05, 0) is 6.92 Å². The van der Waals surface area contributed by atoms with E-state index in [1.54, 1.807) is 7.11 Å². The van der Waals surface area contributed by atoms with E-state index in [2.05, 4.69) is 15.3 Å². The predicted molar refractivity (Wildman–Crippen MR) is 55.8 cm³/mol. The summed E-state index contributed by atoms with van der Waals surface area (Å²) in [6.07, 6.45) is 2.73. The van der Waals surface area contributed by atoms with E-state index in [1.807, 2.05) is 6.92 Å². The van der Waals surface area contributed by atoms with Crippen LogP contribution in [0.4, 0.5) is 0 Å². The van der Waals surface area contributed by atoms with Gasteiger partial charge in [-0.1, -0.05) is 11.6 Å². The first-order valence-corrected chi connectivity index (χ1v) is 4.78. The van der Waals surface area contributed by atoms with Crippen molar-refractivity contribution >= 4 is 17.5 Å². The first-order chi connectivity index (χ1) is 7.13. The van der Waals surface area contributed by atoms with Gasteiger partial charge in [0.05, 0.1) is 19.0 Å². The standard InChI is InChI=1S/C9H12ClN3O2/c1-6(5-15-2)12-9(14)7-3-11-4-8(10)13-7/h3-4,6H,5H2,1-2H3,(H,12,14). The third-order valence-corrected chi connectivity index (χ3v) is 1.81. The van der Waals surface area contributed by atoms with Gasteiger partial charge >= 0.3 is 0 Å². The maximum atomic E-state index is 11.6. The van der Waals surface area contributed by atoms with Crippen molar-refractivity contribution in [1.82, 2.24) is 15.3 Å². The summed E-state index contributed by atoms with van der Waals surface area (Å²) in [6.45, 7) is 2.28. The first-order valence-electron chi connectivity index (χ1n) is 4.41. The summed E-state index contributed by atoms with van der Waals surface area (Å²) in [4.78, 5) is 19.2. The highest BCUT2D eigenvalue weighted by molar-refractivity contribution is 6.29. The molecule has 6 heteroatoms. The Labute approximate surface area is 92.8 Å². The van der Waals surface area contributed by atoms with Crippen molar-refractivity contribution in [3.63, 3.8) is 0 Å². The van der Waals surface area contributed by atoms with Crippen LogP contribution in [0.3, 0.4) is 0 Å². The summed E-state index contributed by atoms with van der Waals surface area (Å²) in [5.74, 6) is -0.311. The van der Waals surface area contributed by atoms with Crippen LogP contribution in [0.25, 0.3) is 0 Å². The van der Waals surface area contributed by atoms with E-state index in [-0.39, 0.29) is 22.8 Å². The van der Waals surface area contributed by atoms with Crippen LogP contribution in [-0.2, 0) is 4.74 Å². The number of rotatable bonds is 4. The number of nitrogens with zero attached hydrogens (tertiary/aromatic N) is 2. The number of aromatic nitrogens is 2. The van der Waals surface area contributed by atoms with Gasteiger partial charge in [-0.15, -0.1) is 0 Å². The minimum absolute atomic E-state index is 0.0803. The van der Waals surface area contributed by atoms with Crippen LogP contribution in [0.15, 0.2) is 12.4 Å². The molecule has 1 unspecified atom stereocenters. The number of methoxy groups -OCH3 is 1. The molecule has 1 aromatic heterocycles. The normalized spacial score (nSPS) is 12.2. The molecule has 0 aliphatic heterocycles. The smallest absolute Gasteiger partial charge is 0.271 e. The summed E-state index contributed by atoms with van der Waals surface area (Å²) < 4.78 is 4.89. The second-order valence-electron chi connectivity index (χ2n) is 3.06. The van der Waals surface area contributed by atoms with Gasteiger partial charge in [-0.25, -0.2) is 4.98 Å². The minimum atomic E-state index is -0.311. The van der Waals surface area contributed by atoms with E-state index in [0.29, 0.717) is 6.61 Å². The van der Waals surface area contributed by atoms with E-state index in [4.69, 9.17) is 16.3 Å². The van der Waals surface area contributed by atoms with Gasteiger partial charge in [-0.2, -0.15) is 0 Å². The van der Waals surface area contributed by atoms with Crippen molar-refractivity contribution in [2.24, 2.45) is 0 Å². The summed E-state index contributed by atoms with van der Waals surface area (Å²) in [5.41, 5.74) is 0.199. The number of carbonyl (C=O) groups excluding carboxylic acids is 1. The van der Waals surface area contributed by atoms with Crippen molar-refractivity contribution < 1.29 is 9.53 Å². The van der Waals surface area contributed by atoms with Crippen LogP contribution in [0.1, 0.15) is 17.4 Å². The van der Waals surface area contributed by atoms with Gasteiger partial charge in [0.25, 0.3) is 5.91 Å². The minimum Gasteiger partial charge on any atom is -0.383 e. The van der Waals surface area contributed by atoms with Crippen LogP contribution in [0, 0.1) is 0 Å². The van der Waals surface area contributed by atoms with Crippen LogP contribution in [-0.4, -0.2) is 35.6 Å². The maximum Gasteiger partial charge on any atom is 0.271 e. The Morgan fingerprint density at radius 2 is 2.40 bits per heavy atom. The molecule has 82 valence electrons. The van der Waals surface area contributed by atoms with Crippen LogP contribution < -0.4 is 5.32 Å². The lowest BCUT2D eigenvalue weighted by atomic mass is 10.3.